The molecule has 0 aliphatic rings. The van der Waals surface area contributed by atoms with Crippen molar-refractivity contribution in [2.24, 2.45) is 11.1 Å². The van der Waals surface area contributed by atoms with Crippen molar-refractivity contribution in [2.45, 2.75) is 26.8 Å². The van der Waals surface area contributed by atoms with Crippen LogP contribution in [0.3, 0.4) is 0 Å². The van der Waals surface area contributed by atoms with Crippen LogP contribution in [0.5, 0.6) is 0 Å². The van der Waals surface area contributed by atoms with Crippen LogP contribution < -0.4 is 5.32 Å². The maximum Gasteiger partial charge on any atom is 0.260 e. The first-order chi connectivity index (χ1) is 9.41. The summed E-state index contributed by atoms with van der Waals surface area (Å²) in [7, 11) is 0. The van der Waals surface area contributed by atoms with Crippen molar-refractivity contribution in [3.63, 3.8) is 0 Å². The highest BCUT2D eigenvalue weighted by Gasteiger charge is 2.10. The molecule has 110 valence electrons. The molecule has 1 amide bonds. The molecule has 0 heterocycles. The lowest BCUT2D eigenvalue weighted by Gasteiger charge is -2.16. The van der Waals surface area contributed by atoms with Gasteiger partial charge in [-0.2, -0.15) is 0 Å². The quantitative estimate of drug-likeness (QED) is 0.645. The van der Waals surface area contributed by atoms with Gasteiger partial charge >= 0.3 is 0 Å². The number of nitrogens with one attached hydrogen (secondary N) is 1. The Balaban J connectivity index is 2.42. The molecule has 1 atom stereocenters. The van der Waals surface area contributed by atoms with Gasteiger partial charge in [0.2, 0.25) is 0 Å². The van der Waals surface area contributed by atoms with Crippen molar-refractivity contribution < 1.29 is 9.63 Å². The third-order valence-corrected chi connectivity index (χ3v) is 3.67. The van der Waals surface area contributed by atoms with Gasteiger partial charge in [-0.05, 0) is 18.9 Å². The fourth-order valence-corrected chi connectivity index (χ4v) is 1.63. The van der Waals surface area contributed by atoms with Crippen molar-refractivity contribution in [2.75, 3.05) is 6.61 Å². The monoisotopic (exact) mass is 316 g/mol. The third-order valence-electron chi connectivity index (χ3n) is 2.83. The van der Waals surface area contributed by atoms with Crippen LogP contribution in [0.1, 0.15) is 26.3 Å². The van der Waals surface area contributed by atoms with Crippen molar-refractivity contribution in [3.05, 3.63) is 33.8 Å². The minimum Gasteiger partial charge on any atom is -0.386 e. The zero-order valence-electron chi connectivity index (χ0n) is 11.7. The van der Waals surface area contributed by atoms with E-state index in [1.54, 1.807) is 18.2 Å². The molecule has 0 unspecified atom stereocenters. The van der Waals surface area contributed by atoms with Crippen molar-refractivity contribution in [1.29, 1.82) is 0 Å². The molecular formula is C14H18Cl2N2O2. The Morgan fingerprint density at radius 3 is 2.75 bits per heavy atom. The predicted octanol–water partition coefficient (Wildman–Crippen LogP) is 3.50. The minimum atomic E-state index is -0.208. The molecule has 0 saturated heterocycles. The first-order valence-electron chi connectivity index (χ1n) is 6.30. The number of amides is 1. The average molecular weight is 317 g/mol. The summed E-state index contributed by atoms with van der Waals surface area (Å²) in [6.45, 7) is 5.87. The smallest absolute Gasteiger partial charge is 0.260 e. The number of carbonyl (C=O) groups is 1. The number of rotatable bonds is 6. The molecule has 4 nitrogen and oxygen atoms in total. The number of hydrogen-bond acceptors (Lipinski definition) is 3. The topological polar surface area (TPSA) is 50.7 Å². The summed E-state index contributed by atoms with van der Waals surface area (Å²) in [5.74, 6) is 0.160. The summed E-state index contributed by atoms with van der Waals surface area (Å²) in [5, 5.41) is 7.37. The van der Waals surface area contributed by atoms with Crippen molar-refractivity contribution >= 4 is 35.3 Å². The van der Waals surface area contributed by atoms with E-state index >= 15 is 0 Å². The second-order valence-corrected chi connectivity index (χ2v) is 5.54. The summed E-state index contributed by atoms with van der Waals surface area (Å²) >= 11 is 11.8. The Bertz CT molecular complexity index is 490. The number of oxime groups is 1. The molecule has 1 aromatic carbocycles. The molecule has 0 spiro atoms. The van der Waals surface area contributed by atoms with E-state index < -0.39 is 0 Å². The van der Waals surface area contributed by atoms with Crippen molar-refractivity contribution in [3.8, 4) is 0 Å². The second-order valence-electron chi connectivity index (χ2n) is 4.75. The molecular weight excluding hydrogens is 299 g/mol. The largest absolute Gasteiger partial charge is 0.386 e. The molecule has 6 heteroatoms. The Hall–Kier alpha value is -1.26. The van der Waals surface area contributed by atoms with Crippen LogP contribution in [-0.4, -0.2) is 24.8 Å². The van der Waals surface area contributed by atoms with Crippen LogP contribution in [0, 0.1) is 5.92 Å². The van der Waals surface area contributed by atoms with Gasteiger partial charge in [0.05, 0.1) is 16.3 Å². The van der Waals surface area contributed by atoms with E-state index in [1.807, 2.05) is 20.8 Å². The van der Waals surface area contributed by atoms with Gasteiger partial charge in [-0.25, -0.2) is 0 Å². The predicted molar refractivity (Wildman–Crippen MR) is 82.5 cm³/mol. The molecule has 20 heavy (non-hydrogen) atoms. The molecule has 0 aromatic heterocycles. The van der Waals surface area contributed by atoms with Crippen LogP contribution in [0.2, 0.25) is 10.0 Å². The number of halogens is 2. The van der Waals surface area contributed by atoms with Gasteiger partial charge in [-0.15, -0.1) is 0 Å². The fourth-order valence-electron chi connectivity index (χ4n) is 1.27. The van der Waals surface area contributed by atoms with E-state index in [4.69, 9.17) is 28.0 Å². The van der Waals surface area contributed by atoms with Gasteiger partial charge in [-0.3, -0.25) is 4.79 Å². The van der Waals surface area contributed by atoms with E-state index in [1.165, 1.54) is 6.21 Å². The molecule has 0 aliphatic heterocycles. The summed E-state index contributed by atoms with van der Waals surface area (Å²) < 4.78 is 0. The number of hydrogen-bond donors (Lipinski definition) is 1. The van der Waals surface area contributed by atoms with Crippen LogP contribution in [0.4, 0.5) is 0 Å². The first kappa shape index (κ1) is 16.8. The summed E-state index contributed by atoms with van der Waals surface area (Å²) in [6, 6.07) is 5.29. The van der Waals surface area contributed by atoms with Crippen LogP contribution in [-0.2, 0) is 9.63 Å². The van der Waals surface area contributed by atoms with Gasteiger partial charge in [0, 0.05) is 11.6 Å². The van der Waals surface area contributed by atoms with E-state index in [-0.39, 0.29) is 18.6 Å². The maximum absolute atomic E-state index is 11.5. The molecule has 0 saturated carbocycles. The Morgan fingerprint density at radius 2 is 2.10 bits per heavy atom. The number of nitrogens with zero attached hydrogens (tertiary/aromatic N) is 1. The zero-order valence-corrected chi connectivity index (χ0v) is 13.2. The highest BCUT2D eigenvalue weighted by Crippen LogP contribution is 2.24. The van der Waals surface area contributed by atoms with E-state index in [2.05, 4.69) is 10.5 Å². The van der Waals surface area contributed by atoms with Crippen LogP contribution in [0.15, 0.2) is 23.4 Å². The number of carbonyl (C=O) groups excluding carboxylic acids is 1. The molecule has 0 aliphatic carbocycles. The molecule has 1 rings (SSSR count). The van der Waals surface area contributed by atoms with Crippen LogP contribution in [0.25, 0.3) is 0 Å². The van der Waals surface area contributed by atoms with E-state index in [0.29, 0.717) is 21.5 Å². The highest BCUT2D eigenvalue weighted by molar-refractivity contribution is 6.43. The third kappa shape index (κ3) is 5.39. The molecule has 0 radical (unpaired) electrons. The fraction of sp³-hybridized carbons (Fsp3) is 0.429. The SMILES string of the molecule is CC(C)[C@H](C)NC(=O)CO/N=C\c1cccc(Cl)c1Cl. The van der Waals surface area contributed by atoms with Gasteiger partial charge < -0.3 is 10.2 Å². The van der Waals surface area contributed by atoms with Gasteiger partial charge in [0.25, 0.3) is 5.91 Å². The standard InChI is InChI=1S/C14H18Cl2N2O2/c1-9(2)10(3)18-13(19)8-20-17-7-11-5-4-6-12(15)14(11)16/h4-7,9-10H,8H2,1-3H3,(H,18,19)/b17-7-/t10-/m0/s1. The van der Waals surface area contributed by atoms with Gasteiger partial charge in [0.1, 0.15) is 0 Å². The average Bonchev–Trinajstić information content (AvgIpc) is 2.39. The summed E-state index contributed by atoms with van der Waals surface area (Å²) in [6.07, 6.45) is 1.42. The molecule has 0 bridgehead atoms. The lowest BCUT2D eigenvalue weighted by atomic mass is 10.1. The van der Waals surface area contributed by atoms with Crippen molar-refractivity contribution in [1.82, 2.24) is 5.32 Å². The Kier molecular flexibility index (Phi) is 6.82. The lowest BCUT2D eigenvalue weighted by molar-refractivity contribution is -0.126. The zero-order chi connectivity index (χ0) is 15.1. The normalized spacial score (nSPS) is 12.7. The molecule has 1 aromatic rings. The Morgan fingerprint density at radius 1 is 1.40 bits per heavy atom. The van der Waals surface area contributed by atoms with Gasteiger partial charge in [-0.1, -0.05) is 54.3 Å². The summed E-state index contributed by atoms with van der Waals surface area (Å²) in [4.78, 5) is 16.5. The first-order valence-corrected chi connectivity index (χ1v) is 7.06. The lowest BCUT2D eigenvalue weighted by Crippen LogP contribution is -2.38. The van der Waals surface area contributed by atoms with E-state index in [0.717, 1.165) is 0 Å². The van der Waals surface area contributed by atoms with E-state index in [9.17, 15) is 4.79 Å². The molecule has 1 N–H and O–H groups in total. The Labute approximate surface area is 129 Å². The maximum atomic E-state index is 11.5. The van der Waals surface area contributed by atoms with Crippen LogP contribution >= 0.6 is 23.2 Å². The summed E-state index contributed by atoms with van der Waals surface area (Å²) in [5.41, 5.74) is 0.634. The minimum absolute atomic E-state index is 0.0949. The van der Waals surface area contributed by atoms with Gasteiger partial charge in [0.15, 0.2) is 6.61 Å². The highest BCUT2D eigenvalue weighted by atomic mass is 35.5. The molecule has 0 fully saturated rings. The number of benzene rings is 1. The second kappa shape index (κ2) is 8.12.